The molecule has 0 bridgehead atoms. The van der Waals surface area contributed by atoms with Crippen molar-refractivity contribution in [1.82, 2.24) is 0 Å². The molecular formula is C14H31NO. The van der Waals surface area contributed by atoms with Crippen LogP contribution in [0.4, 0.5) is 0 Å². The predicted molar refractivity (Wildman–Crippen MR) is 71.7 cm³/mol. The largest absolute Gasteiger partial charge is 0.381 e. The SMILES string of the molecule is CCCCCCCCC(N)CCOCCC. The zero-order valence-electron chi connectivity index (χ0n) is 11.3. The van der Waals surface area contributed by atoms with E-state index in [4.69, 9.17) is 10.5 Å². The minimum Gasteiger partial charge on any atom is -0.381 e. The van der Waals surface area contributed by atoms with Gasteiger partial charge in [0.05, 0.1) is 0 Å². The molecule has 0 aromatic heterocycles. The number of hydrogen-bond donors (Lipinski definition) is 1. The highest BCUT2D eigenvalue weighted by Gasteiger charge is 2.01. The zero-order valence-corrected chi connectivity index (χ0v) is 11.3. The van der Waals surface area contributed by atoms with Crippen LogP contribution < -0.4 is 5.73 Å². The minimum atomic E-state index is 0.350. The van der Waals surface area contributed by atoms with Crippen molar-refractivity contribution in [3.8, 4) is 0 Å². The third-order valence-corrected chi connectivity index (χ3v) is 2.91. The van der Waals surface area contributed by atoms with Gasteiger partial charge in [0.25, 0.3) is 0 Å². The first-order valence-electron chi connectivity index (χ1n) is 7.14. The highest BCUT2D eigenvalue weighted by Crippen LogP contribution is 2.09. The predicted octanol–water partition coefficient (Wildman–Crippen LogP) is 3.88. The van der Waals surface area contributed by atoms with Crippen molar-refractivity contribution >= 4 is 0 Å². The lowest BCUT2D eigenvalue weighted by molar-refractivity contribution is 0.127. The summed E-state index contributed by atoms with van der Waals surface area (Å²) in [4.78, 5) is 0. The van der Waals surface area contributed by atoms with E-state index in [1.807, 2.05) is 0 Å². The first-order valence-corrected chi connectivity index (χ1v) is 7.14. The molecule has 0 radical (unpaired) electrons. The third kappa shape index (κ3) is 12.0. The van der Waals surface area contributed by atoms with Crippen LogP contribution in [-0.2, 0) is 4.74 Å². The van der Waals surface area contributed by atoms with Crippen molar-refractivity contribution in [2.24, 2.45) is 5.73 Å². The maximum atomic E-state index is 6.02. The van der Waals surface area contributed by atoms with Crippen LogP contribution in [0.2, 0.25) is 0 Å². The summed E-state index contributed by atoms with van der Waals surface area (Å²) < 4.78 is 5.43. The van der Waals surface area contributed by atoms with Gasteiger partial charge < -0.3 is 10.5 Å². The summed E-state index contributed by atoms with van der Waals surface area (Å²) in [7, 11) is 0. The van der Waals surface area contributed by atoms with E-state index in [1.54, 1.807) is 0 Å². The van der Waals surface area contributed by atoms with Gasteiger partial charge in [0.2, 0.25) is 0 Å². The van der Waals surface area contributed by atoms with E-state index in [-0.39, 0.29) is 0 Å². The second-order valence-electron chi connectivity index (χ2n) is 4.72. The molecule has 0 saturated heterocycles. The van der Waals surface area contributed by atoms with Gasteiger partial charge in [0.1, 0.15) is 0 Å². The summed E-state index contributed by atoms with van der Waals surface area (Å²) in [6, 6.07) is 0.350. The molecule has 0 aliphatic carbocycles. The molecule has 0 saturated carbocycles. The summed E-state index contributed by atoms with van der Waals surface area (Å²) in [6.45, 7) is 6.11. The first kappa shape index (κ1) is 15.9. The van der Waals surface area contributed by atoms with Gasteiger partial charge in [-0.2, -0.15) is 0 Å². The molecule has 0 aromatic rings. The lowest BCUT2D eigenvalue weighted by Crippen LogP contribution is -2.21. The van der Waals surface area contributed by atoms with Crippen LogP contribution in [0.25, 0.3) is 0 Å². The molecule has 0 aliphatic heterocycles. The average molecular weight is 229 g/mol. The highest BCUT2D eigenvalue weighted by molar-refractivity contribution is 4.60. The molecule has 1 unspecified atom stereocenters. The Morgan fingerprint density at radius 2 is 1.50 bits per heavy atom. The van der Waals surface area contributed by atoms with Crippen molar-refractivity contribution < 1.29 is 4.74 Å². The van der Waals surface area contributed by atoms with Gasteiger partial charge in [0.15, 0.2) is 0 Å². The smallest absolute Gasteiger partial charge is 0.0480 e. The first-order chi connectivity index (χ1) is 7.81. The number of nitrogens with two attached hydrogens (primary N) is 1. The Kier molecular flexibility index (Phi) is 12.9. The summed E-state index contributed by atoms with van der Waals surface area (Å²) in [5.41, 5.74) is 6.02. The number of ether oxygens (including phenoxy) is 1. The van der Waals surface area contributed by atoms with Crippen molar-refractivity contribution in [3.05, 3.63) is 0 Å². The fraction of sp³-hybridized carbons (Fsp3) is 1.00. The maximum absolute atomic E-state index is 6.02. The Labute approximate surface area is 102 Å². The van der Waals surface area contributed by atoms with E-state index in [2.05, 4.69) is 13.8 Å². The summed E-state index contributed by atoms with van der Waals surface area (Å²) >= 11 is 0. The van der Waals surface area contributed by atoms with E-state index >= 15 is 0 Å². The topological polar surface area (TPSA) is 35.2 Å². The lowest BCUT2D eigenvalue weighted by Gasteiger charge is -2.11. The maximum Gasteiger partial charge on any atom is 0.0480 e. The Hall–Kier alpha value is -0.0800. The summed E-state index contributed by atoms with van der Waals surface area (Å²) in [5.74, 6) is 0. The molecular weight excluding hydrogens is 198 g/mol. The van der Waals surface area contributed by atoms with Crippen LogP contribution in [0.3, 0.4) is 0 Å². The van der Waals surface area contributed by atoms with Crippen molar-refractivity contribution in [2.45, 2.75) is 77.7 Å². The molecule has 2 heteroatoms. The lowest BCUT2D eigenvalue weighted by atomic mass is 10.0. The van der Waals surface area contributed by atoms with E-state index in [9.17, 15) is 0 Å². The molecule has 0 aliphatic rings. The quantitative estimate of drug-likeness (QED) is 0.515. The van der Waals surface area contributed by atoms with Gasteiger partial charge in [-0.25, -0.2) is 0 Å². The molecule has 0 fully saturated rings. The minimum absolute atomic E-state index is 0.350. The monoisotopic (exact) mass is 229 g/mol. The van der Waals surface area contributed by atoms with Crippen LogP contribution in [0, 0.1) is 0 Å². The fourth-order valence-corrected chi connectivity index (χ4v) is 1.81. The zero-order chi connectivity index (χ0) is 12.1. The average Bonchev–Trinajstić information content (AvgIpc) is 2.29. The van der Waals surface area contributed by atoms with Crippen LogP contribution in [0.15, 0.2) is 0 Å². The highest BCUT2D eigenvalue weighted by atomic mass is 16.5. The summed E-state index contributed by atoms with van der Waals surface area (Å²) in [5, 5.41) is 0. The van der Waals surface area contributed by atoms with Crippen LogP contribution >= 0.6 is 0 Å². The van der Waals surface area contributed by atoms with Gasteiger partial charge in [-0.15, -0.1) is 0 Å². The second kappa shape index (κ2) is 13.0. The van der Waals surface area contributed by atoms with Gasteiger partial charge in [0, 0.05) is 19.3 Å². The molecule has 0 heterocycles. The molecule has 2 nitrogen and oxygen atoms in total. The molecule has 0 amide bonds. The molecule has 0 rings (SSSR count). The molecule has 98 valence electrons. The Balaban J connectivity index is 3.08. The molecule has 0 spiro atoms. The third-order valence-electron chi connectivity index (χ3n) is 2.91. The van der Waals surface area contributed by atoms with Gasteiger partial charge in [-0.05, 0) is 19.3 Å². The summed E-state index contributed by atoms with van der Waals surface area (Å²) in [6.07, 6.45) is 11.4. The molecule has 2 N–H and O–H groups in total. The number of rotatable bonds is 12. The van der Waals surface area contributed by atoms with Crippen LogP contribution in [0.5, 0.6) is 0 Å². The van der Waals surface area contributed by atoms with Crippen LogP contribution in [0.1, 0.15) is 71.6 Å². The second-order valence-corrected chi connectivity index (χ2v) is 4.72. The Bertz CT molecular complexity index is 128. The van der Waals surface area contributed by atoms with E-state index in [0.29, 0.717) is 6.04 Å². The number of unbranched alkanes of at least 4 members (excludes halogenated alkanes) is 5. The van der Waals surface area contributed by atoms with E-state index in [1.165, 1.54) is 44.9 Å². The van der Waals surface area contributed by atoms with Crippen molar-refractivity contribution in [3.63, 3.8) is 0 Å². The molecule has 1 atom stereocenters. The van der Waals surface area contributed by atoms with E-state index < -0.39 is 0 Å². The standard InChI is InChI=1S/C14H31NO/c1-3-5-6-7-8-9-10-14(15)11-13-16-12-4-2/h14H,3-13,15H2,1-2H3. The van der Waals surface area contributed by atoms with Gasteiger partial charge in [-0.1, -0.05) is 52.4 Å². The van der Waals surface area contributed by atoms with Gasteiger partial charge in [-0.3, -0.25) is 0 Å². The molecule has 16 heavy (non-hydrogen) atoms. The van der Waals surface area contributed by atoms with Crippen molar-refractivity contribution in [2.75, 3.05) is 13.2 Å². The number of hydrogen-bond acceptors (Lipinski definition) is 2. The van der Waals surface area contributed by atoms with Gasteiger partial charge >= 0.3 is 0 Å². The Morgan fingerprint density at radius 3 is 2.19 bits per heavy atom. The van der Waals surface area contributed by atoms with E-state index in [0.717, 1.165) is 26.1 Å². The Morgan fingerprint density at radius 1 is 0.812 bits per heavy atom. The van der Waals surface area contributed by atoms with Crippen LogP contribution in [-0.4, -0.2) is 19.3 Å². The molecule has 0 aromatic carbocycles. The normalized spacial score (nSPS) is 12.9. The van der Waals surface area contributed by atoms with Crippen molar-refractivity contribution in [1.29, 1.82) is 0 Å². The fourth-order valence-electron chi connectivity index (χ4n) is 1.81.